The summed E-state index contributed by atoms with van der Waals surface area (Å²) in [6, 6.07) is 10.1. The van der Waals surface area contributed by atoms with Crippen molar-refractivity contribution in [2.75, 3.05) is 19.0 Å². The van der Waals surface area contributed by atoms with Gasteiger partial charge in [0.15, 0.2) is 0 Å². The van der Waals surface area contributed by atoms with Crippen LogP contribution in [0.5, 0.6) is 11.6 Å². The summed E-state index contributed by atoms with van der Waals surface area (Å²) >= 11 is 0. The summed E-state index contributed by atoms with van der Waals surface area (Å²) < 4.78 is 10.7. The molecule has 0 spiro atoms. The minimum absolute atomic E-state index is 0.121. The Morgan fingerprint density at radius 3 is 2.54 bits per heavy atom. The van der Waals surface area contributed by atoms with Crippen LogP contribution in [0.1, 0.15) is 49.8 Å². The monoisotopic (exact) mass is 385 g/mol. The fourth-order valence-electron chi connectivity index (χ4n) is 2.49. The maximum Gasteiger partial charge on any atom is 0.255 e. The first-order chi connectivity index (χ1) is 13.3. The SMILES string of the molecule is CCOc1ccc(NC(=O)C(C)C)cc1C(=O)NC(C)c1cccc(OC)n1. The van der Waals surface area contributed by atoms with Crippen molar-refractivity contribution in [3.63, 3.8) is 0 Å². The number of nitrogens with zero attached hydrogens (tertiary/aromatic N) is 1. The zero-order chi connectivity index (χ0) is 20.7. The zero-order valence-electron chi connectivity index (χ0n) is 16.9. The Morgan fingerprint density at radius 2 is 1.89 bits per heavy atom. The van der Waals surface area contributed by atoms with Gasteiger partial charge in [0, 0.05) is 17.7 Å². The molecular formula is C21H27N3O4. The van der Waals surface area contributed by atoms with E-state index in [1.807, 2.05) is 26.0 Å². The van der Waals surface area contributed by atoms with Crippen molar-refractivity contribution in [2.24, 2.45) is 5.92 Å². The van der Waals surface area contributed by atoms with Gasteiger partial charge in [-0.15, -0.1) is 0 Å². The molecule has 150 valence electrons. The van der Waals surface area contributed by atoms with Gasteiger partial charge in [0.2, 0.25) is 11.8 Å². The molecule has 0 saturated heterocycles. The third kappa shape index (κ3) is 5.45. The lowest BCUT2D eigenvalue weighted by molar-refractivity contribution is -0.118. The van der Waals surface area contributed by atoms with E-state index in [0.29, 0.717) is 35.2 Å². The van der Waals surface area contributed by atoms with Crippen LogP contribution < -0.4 is 20.1 Å². The second-order valence-electron chi connectivity index (χ2n) is 6.59. The molecule has 2 aromatic rings. The lowest BCUT2D eigenvalue weighted by atomic mass is 10.1. The number of rotatable bonds is 8. The summed E-state index contributed by atoms with van der Waals surface area (Å²) in [5.41, 5.74) is 1.56. The van der Waals surface area contributed by atoms with Crippen LogP contribution in [0.4, 0.5) is 5.69 Å². The Morgan fingerprint density at radius 1 is 1.14 bits per heavy atom. The summed E-state index contributed by atoms with van der Waals surface area (Å²) in [5, 5.41) is 5.72. The summed E-state index contributed by atoms with van der Waals surface area (Å²) in [6.45, 7) is 7.72. The predicted molar refractivity (Wildman–Crippen MR) is 108 cm³/mol. The molecule has 2 amide bonds. The molecule has 1 atom stereocenters. The fourth-order valence-corrected chi connectivity index (χ4v) is 2.49. The molecule has 7 nitrogen and oxygen atoms in total. The van der Waals surface area contributed by atoms with Crippen molar-refractivity contribution >= 4 is 17.5 Å². The molecule has 1 aromatic heterocycles. The van der Waals surface area contributed by atoms with Gasteiger partial charge < -0.3 is 20.1 Å². The quantitative estimate of drug-likeness (QED) is 0.725. The number of carbonyl (C=O) groups is 2. The maximum absolute atomic E-state index is 12.9. The van der Waals surface area contributed by atoms with Crippen molar-refractivity contribution in [3.05, 3.63) is 47.7 Å². The van der Waals surface area contributed by atoms with Crippen LogP contribution >= 0.6 is 0 Å². The van der Waals surface area contributed by atoms with Crippen LogP contribution in [0, 0.1) is 5.92 Å². The van der Waals surface area contributed by atoms with Gasteiger partial charge in [-0.2, -0.15) is 0 Å². The summed E-state index contributed by atoms with van der Waals surface area (Å²) in [5.74, 6) is 0.328. The van der Waals surface area contributed by atoms with Crippen molar-refractivity contribution in [1.29, 1.82) is 0 Å². The van der Waals surface area contributed by atoms with Gasteiger partial charge in [0.1, 0.15) is 5.75 Å². The Balaban J connectivity index is 2.24. The van der Waals surface area contributed by atoms with Crippen molar-refractivity contribution in [1.82, 2.24) is 10.3 Å². The molecule has 7 heteroatoms. The molecule has 0 fully saturated rings. The van der Waals surface area contributed by atoms with E-state index in [1.54, 1.807) is 45.2 Å². The number of anilines is 1. The lowest BCUT2D eigenvalue weighted by Crippen LogP contribution is -2.28. The highest BCUT2D eigenvalue weighted by molar-refractivity contribution is 6.00. The Hall–Kier alpha value is -3.09. The number of hydrogen-bond donors (Lipinski definition) is 2. The average molecular weight is 385 g/mol. The third-order valence-corrected chi connectivity index (χ3v) is 4.06. The van der Waals surface area contributed by atoms with Crippen LogP contribution in [0.3, 0.4) is 0 Å². The molecule has 1 unspecified atom stereocenters. The first kappa shape index (κ1) is 21.2. The van der Waals surface area contributed by atoms with E-state index in [2.05, 4.69) is 15.6 Å². The highest BCUT2D eigenvalue weighted by Gasteiger charge is 2.18. The van der Waals surface area contributed by atoms with Crippen LogP contribution in [-0.2, 0) is 4.79 Å². The number of methoxy groups -OCH3 is 1. The zero-order valence-corrected chi connectivity index (χ0v) is 16.9. The van der Waals surface area contributed by atoms with Crippen LogP contribution in [-0.4, -0.2) is 30.5 Å². The number of aromatic nitrogens is 1. The van der Waals surface area contributed by atoms with E-state index in [4.69, 9.17) is 9.47 Å². The number of pyridine rings is 1. The predicted octanol–water partition coefficient (Wildman–Crippen LogP) is 3.57. The average Bonchev–Trinajstić information content (AvgIpc) is 2.69. The summed E-state index contributed by atoms with van der Waals surface area (Å²) in [4.78, 5) is 29.2. The number of hydrogen-bond acceptors (Lipinski definition) is 5. The number of benzene rings is 1. The fraction of sp³-hybridized carbons (Fsp3) is 0.381. The largest absolute Gasteiger partial charge is 0.493 e. The molecule has 0 aliphatic carbocycles. The minimum Gasteiger partial charge on any atom is -0.493 e. The molecule has 0 radical (unpaired) electrons. The van der Waals surface area contributed by atoms with Gasteiger partial charge in [-0.25, -0.2) is 4.98 Å². The van der Waals surface area contributed by atoms with Gasteiger partial charge in [0.25, 0.3) is 5.91 Å². The van der Waals surface area contributed by atoms with E-state index in [1.165, 1.54) is 0 Å². The van der Waals surface area contributed by atoms with Crippen LogP contribution in [0.2, 0.25) is 0 Å². The number of nitrogens with one attached hydrogen (secondary N) is 2. The third-order valence-electron chi connectivity index (χ3n) is 4.06. The van der Waals surface area contributed by atoms with E-state index in [-0.39, 0.29) is 23.8 Å². The Labute approximate surface area is 165 Å². The molecule has 0 aliphatic rings. The highest BCUT2D eigenvalue weighted by Crippen LogP contribution is 2.24. The molecule has 1 heterocycles. The lowest BCUT2D eigenvalue weighted by Gasteiger charge is -2.17. The minimum atomic E-state index is -0.342. The first-order valence-electron chi connectivity index (χ1n) is 9.25. The van der Waals surface area contributed by atoms with E-state index in [9.17, 15) is 9.59 Å². The van der Waals surface area contributed by atoms with Gasteiger partial charge >= 0.3 is 0 Å². The van der Waals surface area contributed by atoms with Gasteiger partial charge in [-0.1, -0.05) is 19.9 Å². The number of ether oxygens (including phenoxy) is 2. The van der Waals surface area contributed by atoms with E-state index in [0.717, 1.165) is 0 Å². The van der Waals surface area contributed by atoms with E-state index >= 15 is 0 Å². The normalized spacial score (nSPS) is 11.6. The molecule has 2 N–H and O–H groups in total. The van der Waals surface area contributed by atoms with Gasteiger partial charge in [-0.3, -0.25) is 9.59 Å². The Bertz CT molecular complexity index is 836. The van der Waals surface area contributed by atoms with Crippen LogP contribution in [0.15, 0.2) is 36.4 Å². The molecule has 1 aromatic carbocycles. The van der Waals surface area contributed by atoms with Crippen molar-refractivity contribution in [3.8, 4) is 11.6 Å². The van der Waals surface area contributed by atoms with Crippen molar-refractivity contribution in [2.45, 2.75) is 33.7 Å². The number of carbonyl (C=O) groups excluding carboxylic acids is 2. The maximum atomic E-state index is 12.9. The molecule has 0 aliphatic heterocycles. The smallest absolute Gasteiger partial charge is 0.255 e. The molecule has 28 heavy (non-hydrogen) atoms. The molecule has 2 rings (SSSR count). The van der Waals surface area contributed by atoms with Crippen molar-refractivity contribution < 1.29 is 19.1 Å². The van der Waals surface area contributed by atoms with Crippen LogP contribution in [0.25, 0.3) is 0 Å². The second kappa shape index (κ2) is 9.73. The Kier molecular flexibility index (Phi) is 7.37. The molecule has 0 bridgehead atoms. The highest BCUT2D eigenvalue weighted by atomic mass is 16.5. The molecule has 0 saturated carbocycles. The summed E-state index contributed by atoms with van der Waals surface area (Å²) in [6.07, 6.45) is 0. The topological polar surface area (TPSA) is 89.5 Å². The van der Waals surface area contributed by atoms with E-state index < -0.39 is 0 Å². The standard InChI is InChI=1S/C21H27N3O4/c1-6-28-18-11-10-15(23-20(25)13(2)3)12-16(18)21(26)22-14(4)17-8-7-9-19(24-17)27-5/h7-14H,6H2,1-5H3,(H,22,26)(H,23,25). The number of amides is 2. The first-order valence-corrected chi connectivity index (χ1v) is 9.25. The van der Waals surface area contributed by atoms with Gasteiger partial charge in [0.05, 0.1) is 31.0 Å². The molecular weight excluding hydrogens is 358 g/mol. The van der Waals surface area contributed by atoms with Gasteiger partial charge in [-0.05, 0) is 38.1 Å². The summed E-state index contributed by atoms with van der Waals surface area (Å²) in [7, 11) is 1.54. The second-order valence-corrected chi connectivity index (χ2v) is 6.59.